The van der Waals surface area contributed by atoms with Gasteiger partial charge in [0.05, 0.1) is 0 Å². The summed E-state index contributed by atoms with van der Waals surface area (Å²) in [5.41, 5.74) is 1.09. The van der Waals surface area contributed by atoms with Crippen LogP contribution in [0.1, 0.15) is 47.4 Å². The minimum Gasteiger partial charge on any atom is -0.300 e. The molecule has 0 saturated heterocycles. The summed E-state index contributed by atoms with van der Waals surface area (Å²) in [7, 11) is 0. The molecule has 0 aromatic heterocycles. The molecule has 0 amide bonds. The molecule has 3 heteroatoms. The lowest BCUT2D eigenvalue weighted by atomic mass is 10.1. The number of Topliss-reactive ketones (excluding diaryl/α,β-unsaturated/α-hetero) is 3. The van der Waals surface area contributed by atoms with Gasteiger partial charge in [0, 0.05) is 29.4 Å². The molecule has 0 fully saturated rings. The van der Waals surface area contributed by atoms with Crippen molar-refractivity contribution in [3.63, 3.8) is 0 Å². The van der Waals surface area contributed by atoms with Gasteiger partial charge >= 0.3 is 0 Å². The van der Waals surface area contributed by atoms with Crippen molar-refractivity contribution in [2.45, 2.75) is 26.7 Å². The van der Waals surface area contributed by atoms with E-state index in [1.807, 2.05) is 26.0 Å². The van der Waals surface area contributed by atoms with E-state index in [-0.39, 0.29) is 11.6 Å². The van der Waals surface area contributed by atoms with Crippen molar-refractivity contribution in [3.8, 4) is 0 Å². The average Bonchev–Trinajstić information content (AvgIpc) is 2.75. The van der Waals surface area contributed by atoms with Gasteiger partial charge in [0.1, 0.15) is 5.78 Å². The van der Waals surface area contributed by atoms with Crippen molar-refractivity contribution in [2.24, 2.45) is 0 Å². The van der Waals surface area contributed by atoms with E-state index < -0.39 is 0 Å². The van der Waals surface area contributed by atoms with E-state index >= 15 is 0 Å². The Labute approximate surface area is 117 Å². The smallest absolute Gasteiger partial charge is 0.234 e. The largest absolute Gasteiger partial charge is 0.300 e. The van der Waals surface area contributed by atoms with Crippen molar-refractivity contribution < 1.29 is 14.4 Å². The fourth-order valence-corrected chi connectivity index (χ4v) is 2.21. The highest BCUT2D eigenvalue weighted by molar-refractivity contribution is 6.57. The van der Waals surface area contributed by atoms with Crippen LogP contribution in [0.5, 0.6) is 0 Å². The number of ketones is 3. The summed E-state index contributed by atoms with van der Waals surface area (Å²) in [5, 5.41) is 1.77. The Morgan fingerprint density at radius 2 is 1.30 bits per heavy atom. The Morgan fingerprint density at radius 3 is 1.65 bits per heavy atom. The Morgan fingerprint density at radius 1 is 0.850 bits per heavy atom. The highest BCUT2D eigenvalue weighted by atomic mass is 16.2. The molecule has 2 aromatic carbocycles. The van der Waals surface area contributed by atoms with Gasteiger partial charge in [-0.2, -0.15) is 0 Å². The molecule has 0 aliphatic heterocycles. The van der Waals surface area contributed by atoms with Crippen molar-refractivity contribution in [1.29, 1.82) is 0 Å². The maximum Gasteiger partial charge on any atom is 0.234 e. The van der Waals surface area contributed by atoms with Crippen LogP contribution in [-0.4, -0.2) is 17.3 Å². The zero-order chi connectivity index (χ0) is 14.7. The first-order valence-corrected chi connectivity index (χ1v) is 6.72. The highest BCUT2D eigenvalue weighted by Gasteiger charge is 2.29. The fourth-order valence-electron chi connectivity index (χ4n) is 2.21. The first kappa shape index (κ1) is 14.1. The molecular weight excluding hydrogens is 252 g/mol. The molecular formula is C17H16O3. The van der Waals surface area contributed by atoms with Crippen molar-refractivity contribution in [2.75, 3.05) is 0 Å². The maximum atomic E-state index is 11.5. The van der Waals surface area contributed by atoms with Crippen LogP contribution in [0.15, 0.2) is 36.4 Å². The van der Waals surface area contributed by atoms with Gasteiger partial charge in [0.15, 0.2) is 0 Å². The van der Waals surface area contributed by atoms with Crippen LogP contribution in [0.2, 0.25) is 0 Å². The maximum absolute atomic E-state index is 11.5. The van der Waals surface area contributed by atoms with Gasteiger partial charge in [-0.05, 0) is 5.39 Å². The van der Waals surface area contributed by atoms with E-state index in [0.717, 1.165) is 10.8 Å². The summed E-state index contributed by atoms with van der Waals surface area (Å²) in [6.45, 7) is 3.76. The van der Waals surface area contributed by atoms with Crippen molar-refractivity contribution >= 4 is 28.1 Å². The summed E-state index contributed by atoms with van der Waals surface area (Å²) in [5.74, 6) is -0.413. The van der Waals surface area contributed by atoms with Gasteiger partial charge in [-0.1, -0.05) is 50.2 Å². The molecule has 0 N–H and O–H groups in total. The minimum atomic E-state index is -0.378. The molecule has 102 valence electrons. The van der Waals surface area contributed by atoms with Gasteiger partial charge in [-0.25, -0.2) is 0 Å². The average molecular weight is 268 g/mol. The predicted octanol–water partition coefficient (Wildman–Crippen LogP) is 3.59. The second-order valence-electron chi connectivity index (χ2n) is 4.61. The monoisotopic (exact) mass is 268 g/mol. The molecule has 3 rings (SSSR count). The lowest BCUT2D eigenvalue weighted by Gasteiger charge is -1.97. The van der Waals surface area contributed by atoms with Crippen LogP contribution in [0, 0.1) is 0 Å². The zero-order valence-corrected chi connectivity index (χ0v) is 11.6. The van der Waals surface area contributed by atoms with Crippen LogP contribution in [0.4, 0.5) is 0 Å². The second kappa shape index (κ2) is 5.78. The zero-order valence-electron chi connectivity index (χ0n) is 11.6. The Balaban J connectivity index is 0.000000212. The van der Waals surface area contributed by atoms with Gasteiger partial charge < -0.3 is 0 Å². The second-order valence-corrected chi connectivity index (χ2v) is 4.61. The molecule has 0 bridgehead atoms. The molecule has 2 aromatic rings. The van der Waals surface area contributed by atoms with Crippen LogP contribution in [0.3, 0.4) is 0 Å². The third-order valence-electron chi connectivity index (χ3n) is 3.39. The molecule has 0 atom stereocenters. The summed E-state index contributed by atoms with van der Waals surface area (Å²) >= 11 is 0. The number of carbonyl (C=O) groups is 3. The van der Waals surface area contributed by atoms with E-state index in [9.17, 15) is 14.4 Å². The lowest BCUT2D eigenvalue weighted by molar-refractivity contribution is -0.118. The summed E-state index contributed by atoms with van der Waals surface area (Å²) in [4.78, 5) is 33.2. The van der Waals surface area contributed by atoms with Crippen LogP contribution in [-0.2, 0) is 4.79 Å². The third-order valence-corrected chi connectivity index (χ3v) is 3.39. The van der Waals surface area contributed by atoms with Crippen LogP contribution < -0.4 is 0 Å². The number of hydrogen-bond acceptors (Lipinski definition) is 3. The van der Waals surface area contributed by atoms with E-state index in [4.69, 9.17) is 0 Å². The van der Waals surface area contributed by atoms with Crippen molar-refractivity contribution in [3.05, 3.63) is 47.5 Å². The molecule has 0 heterocycles. The lowest BCUT2D eigenvalue weighted by Crippen LogP contribution is -2.05. The van der Waals surface area contributed by atoms with Crippen molar-refractivity contribution in [1.82, 2.24) is 0 Å². The minimum absolute atomic E-state index is 0.343. The molecule has 0 saturated carbocycles. The normalized spacial score (nSPS) is 12.3. The van der Waals surface area contributed by atoms with E-state index in [2.05, 4.69) is 0 Å². The summed E-state index contributed by atoms with van der Waals surface area (Å²) in [6, 6.07) is 10.8. The predicted molar refractivity (Wildman–Crippen MR) is 78.2 cm³/mol. The van der Waals surface area contributed by atoms with Crippen LogP contribution in [0.25, 0.3) is 10.8 Å². The number of benzene rings is 2. The highest BCUT2D eigenvalue weighted by Crippen LogP contribution is 2.30. The SMILES string of the molecule is CCC(=O)CC.O=C1C(=O)c2cccc3cccc1c23. The fraction of sp³-hybridized carbons (Fsp3) is 0.235. The Bertz CT molecular complexity index is 644. The molecule has 20 heavy (non-hydrogen) atoms. The van der Waals surface area contributed by atoms with Gasteiger partial charge in [0.2, 0.25) is 11.6 Å². The topological polar surface area (TPSA) is 51.2 Å². The third kappa shape index (κ3) is 2.39. The number of carbonyl (C=O) groups excluding carboxylic acids is 3. The standard InChI is InChI=1S/C12H6O2.C5H10O/c13-11-8-5-1-3-7-4-2-6-9(10(7)8)12(11)14;1-3-5(6)4-2/h1-6H;3-4H2,1-2H3. The van der Waals surface area contributed by atoms with E-state index in [1.54, 1.807) is 24.3 Å². The molecule has 0 spiro atoms. The van der Waals surface area contributed by atoms with Gasteiger partial charge in [-0.3, -0.25) is 14.4 Å². The molecule has 0 unspecified atom stereocenters. The first-order chi connectivity index (χ1) is 9.60. The quantitative estimate of drug-likeness (QED) is 0.782. The summed E-state index contributed by atoms with van der Waals surface area (Å²) in [6.07, 6.45) is 1.38. The summed E-state index contributed by atoms with van der Waals surface area (Å²) < 4.78 is 0. The van der Waals surface area contributed by atoms with E-state index in [0.29, 0.717) is 29.8 Å². The van der Waals surface area contributed by atoms with Gasteiger partial charge in [-0.15, -0.1) is 0 Å². The number of rotatable bonds is 2. The van der Waals surface area contributed by atoms with Crippen LogP contribution >= 0.6 is 0 Å². The molecule has 1 aliphatic rings. The molecule has 3 nitrogen and oxygen atoms in total. The molecule has 0 radical (unpaired) electrons. The van der Waals surface area contributed by atoms with E-state index in [1.165, 1.54) is 0 Å². The molecule has 1 aliphatic carbocycles. The number of hydrogen-bond donors (Lipinski definition) is 0. The Hall–Kier alpha value is -2.29. The first-order valence-electron chi connectivity index (χ1n) is 6.72. The van der Waals surface area contributed by atoms with Gasteiger partial charge in [0.25, 0.3) is 0 Å². The Kier molecular flexibility index (Phi) is 4.08.